The molecule has 1 N–H and O–H groups in total. The summed E-state index contributed by atoms with van der Waals surface area (Å²) in [6, 6.07) is 3.49. The Hall–Kier alpha value is -3.50. The third-order valence-corrected chi connectivity index (χ3v) is 7.41. The number of nitrogens with one attached hydrogen (secondary N) is 1. The van der Waals surface area contributed by atoms with Crippen molar-refractivity contribution in [2.75, 3.05) is 37.6 Å². The van der Waals surface area contributed by atoms with Gasteiger partial charge in [-0.15, -0.1) is 0 Å². The first-order chi connectivity index (χ1) is 16.9. The first-order valence-corrected chi connectivity index (χ1v) is 12.4. The number of anilines is 1. The van der Waals surface area contributed by atoms with E-state index in [1.54, 1.807) is 41.2 Å². The molecule has 0 radical (unpaired) electrons. The van der Waals surface area contributed by atoms with E-state index >= 15 is 0 Å². The van der Waals surface area contributed by atoms with Crippen LogP contribution in [0.25, 0.3) is 0 Å². The molecule has 11 nitrogen and oxygen atoms in total. The van der Waals surface area contributed by atoms with Crippen molar-refractivity contribution in [2.24, 2.45) is 0 Å². The first kappa shape index (κ1) is 23.3. The zero-order valence-electron chi connectivity index (χ0n) is 20.3. The highest BCUT2D eigenvalue weighted by Crippen LogP contribution is 2.29. The third-order valence-electron chi connectivity index (χ3n) is 7.41. The number of nitrogens with zero attached hydrogens (tertiary/aromatic N) is 7. The Morgan fingerprint density at radius 1 is 1.11 bits per heavy atom. The summed E-state index contributed by atoms with van der Waals surface area (Å²) in [6.07, 6.45) is 7.56. The van der Waals surface area contributed by atoms with E-state index in [9.17, 15) is 14.4 Å². The van der Waals surface area contributed by atoms with Crippen LogP contribution in [0, 0.1) is 0 Å². The molecule has 0 aromatic carbocycles. The molecule has 2 fully saturated rings. The highest BCUT2D eigenvalue weighted by atomic mass is 16.2. The van der Waals surface area contributed by atoms with E-state index in [0.29, 0.717) is 44.4 Å². The van der Waals surface area contributed by atoms with Gasteiger partial charge in [0.1, 0.15) is 11.2 Å². The van der Waals surface area contributed by atoms with Gasteiger partial charge in [-0.2, -0.15) is 5.10 Å². The molecule has 1 saturated heterocycles. The number of amides is 3. The number of piperazine rings is 1. The fraction of sp³-hybridized carbons (Fsp3) is 0.583. The highest BCUT2D eigenvalue weighted by Gasteiger charge is 2.48. The second-order valence-electron chi connectivity index (χ2n) is 9.68. The summed E-state index contributed by atoms with van der Waals surface area (Å²) in [6.45, 7) is 6.52. The van der Waals surface area contributed by atoms with Crippen LogP contribution in [0.4, 0.5) is 5.95 Å². The van der Waals surface area contributed by atoms with E-state index < -0.39 is 5.54 Å². The van der Waals surface area contributed by atoms with E-state index in [4.69, 9.17) is 0 Å². The number of carbonyl (C=O) groups excluding carboxylic acids is 3. The van der Waals surface area contributed by atoms with Crippen LogP contribution in [0.5, 0.6) is 0 Å². The highest BCUT2D eigenvalue weighted by molar-refractivity contribution is 6.02. The average molecular weight is 481 g/mol. The summed E-state index contributed by atoms with van der Waals surface area (Å²) in [5.74, 6) is -0.000685. The minimum Gasteiger partial charge on any atom is -0.351 e. The molecular weight excluding hydrogens is 448 g/mol. The van der Waals surface area contributed by atoms with Crippen molar-refractivity contribution in [1.82, 2.24) is 34.9 Å². The fourth-order valence-corrected chi connectivity index (χ4v) is 5.38. The molecule has 2 aromatic heterocycles. The van der Waals surface area contributed by atoms with Gasteiger partial charge < -0.3 is 20.0 Å². The van der Waals surface area contributed by atoms with E-state index in [-0.39, 0.29) is 36.0 Å². The number of likely N-dealkylation sites (N-methyl/N-ethyl adjacent to an activating group) is 1. The van der Waals surface area contributed by atoms with Gasteiger partial charge in [-0.3, -0.25) is 19.1 Å². The van der Waals surface area contributed by atoms with Crippen molar-refractivity contribution < 1.29 is 14.4 Å². The molecule has 3 aliphatic rings. The van der Waals surface area contributed by atoms with Gasteiger partial charge in [-0.25, -0.2) is 9.97 Å². The molecule has 3 amide bonds. The van der Waals surface area contributed by atoms with Gasteiger partial charge in [0, 0.05) is 57.2 Å². The lowest BCUT2D eigenvalue weighted by Gasteiger charge is -2.43. The molecule has 0 bridgehead atoms. The number of hydrogen-bond acceptors (Lipinski definition) is 7. The molecule has 1 atom stereocenters. The molecular formula is C24H32N8O3. The van der Waals surface area contributed by atoms with Crippen LogP contribution in [0.1, 0.15) is 60.5 Å². The van der Waals surface area contributed by atoms with E-state index in [0.717, 1.165) is 25.7 Å². The summed E-state index contributed by atoms with van der Waals surface area (Å²) >= 11 is 0. The molecule has 5 rings (SSSR count). The van der Waals surface area contributed by atoms with Crippen LogP contribution in [0.2, 0.25) is 0 Å². The smallest absolute Gasteiger partial charge is 0.274 e. The zero-order valence-corrected chi connectivity index (χ0v) is 20.3. The minimum absolute atomic E-state index is 0.157. The van der Waals surface area contributed by atoms with E-state index in [1.165, 1.54) is 4.68 Å². The lowest BCUT2D eigenvalue weighted by molar-refractivity contribution is -0.133. The van der Waals surface area contributed by atoms with Crippen LogP contribution in [0.15, 0.2) is 24.5 Å². The summed E-state index contributed by atoms with van der Waals surface area (Å²) in [5, 5.41) is 7.63. The predicted octanol–water partition coefficient (Wildman–Crippen LogP) is 0.929. The Morgan fingerprint density at radius 3 is 2.46 bits per heavy atom. The van der Waals surface area contributed by atoms with Crippen LogP contribution < -0.4 is 10.2 Å². The monoisotopic (exact) mass is 480 g/mol. The molecule has 186 valence electrons. The van der Waals surface area contributed by atoms with E-state index in [1.807, 2.05) is 11.8 Å². The molecule has 35 heavy (non-hydrogen) atoms. The van der Waals surface area contributed by atoms with Gasteiger partial charge in [0.15, 0.2) is 5.69 Å². The summed E-state index contributed by atoms with van der Waals surface area (Å²) in [7, 11) is 0. The number of rotatable bonds is 5. The van der Waals surface area contributed by atoms with Crippen LogP contribution in [-0.4, -0.2) is 91.6 Å². The standard InChI is InChI=1S/C24H32N8O3/c1-3-31-21(34)19-15-18(20(33)29-11-13-30(14-12-29)23-25-9-6-10-26-23)28-32(19)16-24(31,2)22(35)27-17-7-4-5-8-17/h6,9-10,15,17H,3-5,7-8,11-14,16H2,1-2H3,(H,27,35)/t24-/m1/s1. The Bertz CT molecular complexity index is 1110. The average Bonchev–Trinajstić information content (AvgIpc) is 3.54. The van der Waals surface area contributed by atoms with Gasteiger partial charge >= 0.3 is 0 Å². The maximum atomic E-state index is 13.4. The topological polar surface area (TPSA) is 117 Å². The lowest BCUT2D eigenvalue weighted by Crippen LogP contribution is -2.64. The zero-order chi connectivity index (χ0) is 24.6. The summed E-state index contributed by atoms with van der Waals surface area (Å²) in [4.78, 5) is 53.8. The summed E-state index contributed by atoms with van der Waals surface area (Å²) in [5.41, 5.74) is -0.485. The molecule has 1 aliphatic carbocycles. The van der Waals surface area contributed by atoms with E-state index in [2.05, 4.69) is 20.4 Å². The normalized spacial score (nSPS) is 22.9. The number of aromatic nitrogens is 4. The van der Waals surface area contributed by atoms with Crippen LogP contribution in [0.3, 0.4) is 0 Å². The van der Waals surface area contributed by atoms with Crippen molar-refractivity contribution >= 4 is 23.7 Å². The SMILES string of the molecule is CCN1C(=O)c2cc(C(=O)N3CCN(c4ncccn4)CC3)nn2C[C@]1(C)C(=O)NC1CCCC1. The maximum Gasteiger partial charge on any atom is 0.274 e. The van der Waals surface area contributed by atoms with Crippen molar-refractivity contribution in [3.8, 4) is 0 Å². The van der Waals surface area contributed by atoms with Crippen molar-refractivity contribution in [3.05, 3.63) is 35.9 Å². The van der Waals surface area contributed by atoms with Crippen molar-refractivity contribution in [1.29, 1.82) is 0 Å². The molecule has 0 spiro atoms. The Labute approximate surface area is 204 Å². The first-order valence-electron chi connectivity index (χ1n) is 12.4. The van der Waals surface area contributed by atoms with Crippen molar-refractivity contribution in [3.63, 3.8) is 0 Å². The Kier molecular flexibility index (Phi) is 6.16. The molecule has 1 saturated carbocycles. The minimum atomic E-state index is -1.06. The van der Waals surface area contributed by atoms with Gasteiger partial charge in [0.25, 0.3) is 11.8 Å². The molecule has 4 heterocycles. The largest absolute Gasteiger partial charge is 0.351 e. The van der Waals surface area contributed by atoms with Gasteiger partial charge in [0.05, 0.1) is 6.54 Å². The second-order valence-corrected chi connectivity index (χ2v) is 9.68. The number of fused-ring (bicyclic) bond motifs is 1. The van der Waals surface area contributed by atoms with Gasteiger partial charge in [-0.1, -0.05) is 12.8 Å². The number of hydrogen-bond donors (Lipinski definition) is 1. The quantitative estimate of drug-likeness (QED) is 0.677. The van der Waals surface area contributed by atoms with Gasteiger partial charge in [0.2, 0.25) is 11.9 Å². The lowest BCUT2D eigenvalue weighted by atomic mass is 9.94. The molecule has 2 aliphatic heterocycles. The van der Waals surface area contributed by atoms with Gasteiger partial charge in [-0.05, 0) is 32.8 Å². The maximum absolute atomic E-state index is 13.4. The van der Waals surface area contributed by atoms with Crippen molar-refractivity contribution in [2.45, 2.75) is 57.7 Å². The summed E-state index contributed by atoms with van der Waals surface area (Å²) < 4.78 is 1.53. The van der Waals surface area contributed by atoms with Crippen LogP contribution >= 0.6 is 0 Å². The fourth-order valence-electron chi connectivity index (χ4n) is 5.38. The van der Waals surface area contributed by atoms with Crippen LogP contribution in [-0.2, 0) is 11.3 Å². The molecule has 0 unspecified atom stereocenters. The molecule has 2 aromatic rings. The number of carbonyl (C=O) groups is 3. The predicted molar refractivity (Wildman–Crippen MR) is 128 cm³/mol. The second kappa shape index (κ2) is 9.27. The Balaban J connectivity index is 1.31. The Morgan fingerprint density at radius 2 is 1.80 bits per heavy atom. The molecule has 11 heteroatoms. The third kappa shape index (κ3) is 4.23.